The molecule has 8 amide bonds. The Bertz CT molecular complexity index is 4860. The van der Waals surface area contributed by atoms with E-state index < -0.39 is 143 Å². The Morgan fingerprint density at radius 2 is 0.946 bits per heavy atom. The van der Waals surface area contributed by atoms with Crippen molar-refractivity contribution in [3.63, 3.8) is 0 Å². The Morgan fingerprint density at radius 1 is 0.518 bits per heavy atom. The van der Waals surface area contributed by atoms with E-state index >= 15 is 0 Å². The van der Waals surface area contributed by atoms with E-state index in [9.17, 15) is 55.2 Å². The number of carbonyl (C=O) groups excluding carboxylic acids is 8. The molecule has 6 heterocycles. The summed E-state index contributed by atoms with van der Waals surface area (Å²) < 4.78 is 91.4. The van der Waals surface area contributed by atoms with Crippen LogP contribution in [0.3, 0.4) is 0 Å². The lowest BCUT2D eigenvalue weighted by atomic mass is 10.0. The van der Waals surface area contributed by atoms with Crippen LogP contribution in [0.1, 0.15) is 157 Å². The number of ether oxygens (including phenoxy) is 6. The van der Waals surface area contributed by atoms with E-state index in [0.29, 0.717) is 133 Å². The van der Waals surface area contributed by atoms with Crippen LogP contribution in [0.5, 0.6) is 23.0 Å². The molecule has 2 aromatic heterocycles. The Balaban J connectivity index is 0.000000196. The normalized spacial score (nSPS) is 26.0. The highest BCUT2D eigenvalue weighted by atomic mass is 32.2. The number of allylic oxidation sites excluding steroid dienone is 1. The lowest BCUT2D eigenvalue weighted by Crippen LogP contribution is -2.58. The molecule has 14 rings (SSSR count). The summed E-state index contributed by atoms with van der Waals surface area (Å²) >= 11 is 0. The van der Waals surface area contributed by atoms with Crippen molar-refractivity contribution in [2.45, 2.75) is 226 Å². The molecule has 6 N–H and O–H groups in total. The quantitative estimate of drug-likeness (QED) is 0.0491. The van der Waals surface area contributed by atoms with Crippen molar-refractivity contribution in [2.24, 2.45) is 11.8 Å². The summed E-state index contributed by atoms with van der Waals surface area (Å²) in [5, 5.41) is 11.5. The second-order valence-corrected chi connectivity index (χ2v) is 36.5. The van der Waals surface area contributed by atoms with Gasteiger partial charge in [-0.15, -0.1) is 0 Å². The zero-order chi connectivity index (χ0) is 79.7. The van der Waals surface area contributed by atoms with E-state index in [4.69, 9.17) is 38.4 Å². The fraction of sp³-hybridized carbons (Fsp3) is 0.512. The minimum Gasteiger partial charge on any atom is -0.497 e. The first kappa shape index (κ1) is 80.0. The van der Waals surface area contributed by atoms with E-state index in [1.807, 2.05) is 109 Å². The number of methoxy groups -OCH3 is 2. The van der Waals surface area contributed by atoms with Crippen LogP contribution in [0.2, 0.25) is 0 Å². The van der Waals surface area contributed by atoms with Gasteiger partial charge in [0.2, 0.25) is 43.7 Å². The highest BCUT2D eigenvalue weighted by Gasteiger charge is 2.64. The molecule has 3 saturated heterocycles. The van der Waals surface area contributed by atoms with Gasteiger partial charge in [-0.1, -0.05) is 105 Å². The minimum atomic E-state index is -3.90. The van der Waals surface area contributed by atoms with Crippen molar-refractivity contribution in [1.82, 2.24) is 50.5 Å². The van der Waals surface area contributed by atoms with Crippen molar-refractivity contribution in [3.8, 4) is 45.5 Å². The van der Waals surface area contributed by atoms with E-state index in [1.165, 1.54) is 9.80 Å². The second-order valence-electron chi connectivity index (χ2n) is 32.6. The second kappa shape index (κ2) is 32.5. The Hall–Kier alpha value is -10.1. The maximum Gasteiger partial charge on any atom is 0.408 e. The molecule has 4 aliphatic heterocycles. The first-order chi connectivity index (χ1) is 53.3. The van der Waals surface area contributed by atoms with Gasteiger partial charge in [0.05, 0.1) is 60.2 Å². The molecule has 4 aliphatic carbocycles. The number of hydrogen-bond donors (Lipinski definition) is 6. The Kier molecular flexibility index (Phi) is 23.2. The van der Waals surface area contributed by atoms with Crippen LogP contribution in [-0.2, 0) is 58.3 Å². The molecular formula is C82H100N10O18S2. The van der Waals surface area contributed by atoms with Gasteiger partial charge in [0, 0.05) is 64.9 Å². The molecule has 7 fully saturated rings. The van der Waals surface area contributed by atoms with Crippen molar-refractivity contribution in [2.75, 3.05) is 27.3 Å². The highest BCUT2D eigenvalue weighted by molar-refractivity contribution is 7.91. The minimum absolute atomic E-state index is 0.00272. The molecule has 4 saturated carbocycles. The van der Waals surface area contributed by atoms with Crippen LogP contribution >= 0.6 is 0 Å². The van der Waals surface area contributed by atoms with Crippen LogP contribution < -0.4 is 49.7 Å². The molecule has 2 unspecified atom stereocenters. The number of sulfonamides is 2. The van der Waals surface area contributed by atoms with Gasteiger partial charge in [-0.05, 0) is 142 Å². The van der Waals surface area contributed by atoms with Crippen LogP contribution in [0.25, 0.3) is 44.3 Å². The largest absolute Gasteiger partial charge is 0.497 e. The van der Waals surface area contributed by atoms with Gasteiger partial charge in [-0.3, -0.25) is 38.2 Å². The fourth-order valence-electron chi connectivity index (χ4n) is 15.3. The molecule has 6 aromatic rings. The monoisotopic (exact) mass is 1580 g/mol. The molecular weight excluding hydrogens is 1480 g/mol. The molecule has 598 valence electrons. The molecule has 4 aromatic carbocycles. The standard InChI is InChI=1S/C41H51N5O9S.C41H49N5O9S/c2*1-40(2,3)55-39(50)43-31-15-11-6-5-10-14-26-23-41(26,38(49)45-56(51,52)29-17-18-29)44-36(47)34-21-28(24-46(34)37(31)48)54-35-22-32(25-12-8-7-9-13-25)42-33-20-27(53-4)16-19-30(33)35/h7-9,12-13,16,19-20,22,26,28-29,31,34H,5-6,10-11,14-15,17-18,21,23-24H2,1-4H3,(H,43,50)(H,44,47)(H,45,49);7-10,12-14,16,19-20,22,26,28-29,31,34H,5-6,11,15,17-18,21,23-24H2,1-4H3,(H,43,50)(H,44,47)(H,45,49)/b;14-10-/t2*26?,28-,31+,34+,41-/m11/s1. The van der Waals surface area contributed by atoms with Gasteiger partial charge in [0.1, 0.15) is 81.7 Å². The molecule has 28 nitrogen and oxygen atoms in total. The van der Waals surface area contributed by atoms with Crippen molar-refractivity contribution < 1.29 is 83.6 Å². The number of alkyl carbamates (subject to hydrolysis) is 2. The summed E-state index contributed by atoms with van der Waals surface area (Å²) in [6, 6.07) is 29.6. The third-order valence-electron chi connectivity index (χ3n) is 21.7. The average Bonchev–Trinajstić information content (AvgIpc) is 1.57. The van der Waals surface area contributed by atoms with E-state index in [2.05, 4.69) is 30.7 Å². The van der Waals surface area contributed by atoms with Crippen molar-refractivity contribution in [3.05, 3.63) is 121 Å². The Labute approximate surface area is 652 Å². The molecule has 0 bridgehead atoms. The van der Waals surface area contributed by atoms with Gasteiger partial charge in [0.15, 0.2) is 0 Å². The molecule has 10 atom stereocenters. The van der Waals surface area contributed by atoms with E-state index in [1.54, 1.807) is 67.9 Å². The highest BCUT2D eigenvalue weighted by Crippen LogP contribution is 2.49. The van der Waals surface area contributed by atoms with E-state index in [-0.39, 0.29) is 38.3 Å². The van der Waals surface area contributed by atoms with Crippen LogP contribution in [0.4, 0.5) is 9.59 Å². The molecule has 0 radical (unpaired) electrons. The van der Waals surface area contributed by atoms with Gasteiger partial charge in [-0.25, -0.2) is 36.4 Å². The number of nitrogens with one attached hydrogen (secondary N) is 6. The predicted octanol–water partition coefficient (Wildman–Crippen LogP) is 9.76. The molecule has 112 heavy (non-hydrogen) atoms. The summed E-state index contributed by atoms with van der Waals surface area (Å²) in [7, 11) is -4.62. The lowest BCUT2D eigenvalue weighted by Gasteiger charge is -2.30. The number of pyridine rings is 2. The zero-order valence-corrected chi connectivity index (χ0v) is 66.0. The zero-order valence-electron chi connectivity index (χ0n) is 64.4. The van der Waals surface area contributed by atoms with Crippen LogP contribution in [0.15, 0.2) is 121 Å². The number of fused-ring (bicyclic) bond motifs is 6. The summed E-state index contributed by atoms with van der Waals surface area (Å²) in [5.74, 6) is -2.19. The van der Waals surface area contributed by atoms with Crippen LogP contribution in [0, 0.1) is 11.8 Å². The first-order valence-electron chi connectivity index (χ1n) is 38.8. The Morgan fingerprint density at radius 3 is 1.38 bits per heavy atom. The topological polar surface area (TPSA) is 365 Å². The van der Waals surface area contributed by atoms with Crippen molar-refractivity contribution in [1.29, 1.82) is 0 Å². The first-order valence-corrected chi connectivity index (χ1v) is 41.9. The van der Waals surface area contributed by atoms with E-state index in [0.717, 1.165) is 30.4 Å². The van der Waals surface area contributed by atoms with Crippen LogP contribution in [-0.4, -0.2) is 181 Å². The number of hydrogen-bond acceptors (Lipinski definition) is 20. The number of amides is 8. The smallest absolute Gasteiger partial charge is 0.408 e. The third-order valence-corrected chi connectivity index (χ3v) is 25.3. The number of nitrogens with zero attached hydrogens (tertiary/aromatic N) is 4. The van der Waals surface area contributed by atoms with Gasteiger partial charge in [-0.2, -0.15) is 0 Å². The lowest BCUT2D eigenvalue weighted by molar-refractivity contribution is -0.141. The summed E-state index contributed by atoms with van der Waals surface area (Å²) in [4.78, 5) is 124. The number of benzene rings is 4. The summed E-state index contributed by atoms with van der Waals surface area (Å²) in [6.45, 7) is 10.4. The SMILES string of the molecule is COc1ccc2c(O[C@@H]3C[C@H]4C(=O)N[C@]5(C(=O)NS(=O)(=O)C6CC6)CC5/C=C\CCCC[C@H](NC(=O)OC(C)(C)C)C(=O)N4C3)cc(-c3ccccc3)nc2c1.COc1ccc2c(O[C@@H]3C[C@H]4C(=O)N[C@]5(C(=O)NS(=O)(=O)C6CC6)CC5CCCCCC[C@H](NC(=O)OC(C)(C)C)C(=O)N4C3)cc(-c3ccccc3)nc2c1. The summed E-state index contributed by atoms with van der Waals surface area (Å²) in [5.41, 5.74) is -0.272. The third kappa shape index (κ3) is 18.8. The number of aromatic nitrogens is 2. The summed E-state index contributed by atoms with van der Waals surface area (Å²) in [6.07, 6.45) is 9.50. The van der Waals surface area contributed by atoms with Crippen molar-refractivity contribution >= 4 is 89.5 Å². The maximum absolute atomic E-state index is 14.6. The molecule has 0 spiro atoms. The van der Waals surface area contributed by atoms with Gasteiger partial charge >= 0.3 is 12.2 Å². The number of carbonyl (C=O) groups is 8. The average molecular weight is 1580 g/mol. The number of rotatable bonds is 16. The van der Waals surface area contributed by atoms with Gasteiger partial charge < -0.3 is 59.5 Å². The maximum atomic E-state index is 14.6. The molecule has 30 heteroatoms. The van der Waals surface area contributed by atoms with Gasteiger partial charge in [0.25, 0.3) is 11.8 Å². The molecule has 8 aliphatic rings. The predicted molar refractivity (Wildman–Crippen MR) is 416 cm³/mol. The fourth-order valence-corrected chi connectivity index (χ4v) is 18.0.